The molecule has 0 spiro atoms. The summed E-state index contributed by atoms with van der Waals surface area (Å²) in [4.78, 5) is 78.0. The molecule has 2 aromatic heterocycles. The Labute approximate surface area is 376 Å². The lowest BCUT2D eigenvalue weighted by molar-refractivity contribution is -0.136. The van der Waals surface area contributed by atoms with Gasteiger partial charge in [-0.3, -0.25) is 9.59 Å². The van der Waals surface area contributed by atoms with Gasteiger partial charge in [0.1, 0.15) is 23.7 Å². The molecular weight excluding hydrogens is 813 g/mol. The van der Waals surface area contributed by atoms with Crippen molar-refractivity contribution < 1.29 is 29.4 Å². The standard InChI is InChI=1S/C48H68N10O6/c1-29(2)39(53-45(63)55-23-13-33(59)27-55)43(61)57-21-5-7-36(57)41-49-25-35(51-41)31-9-11-32(12-10-31)47-15-18-48(19-16-47,20-17-47)38-26-50-42(52-38)37-8-6-22-58(37)44(62)40(30(3)4)54-46(64)56-24-14-34(60)28-56/h9-12,25-26,29-30,33-34,36-37,39-40,59-60H,5-8,13-24,27-28H2,1-4H3,(H,49,51)(H,50,52)(H,53,63)(H,54,64)/t33-,34-,36-,37-,39-,40-,47?,48?/m0/s1. The number of urea groups is 2. The highest BCUT2D eigenvalue weighted by Crippen LogP contribution is 2.58. The maximum absolute atomic E-state index is 14.1. The molecule has 0 unspecified atom stereocenters. The number of hydrogen-bond acceptors (Lipinski definition) is 8. The SMILES string of the molecule is CC(C)[C@H](NC(=O)N1CC[C@H](O)C1)C(=O)N1CCC[C@H]1c1ncc(-c2ccc(C34CCC(c5cnc([C@@H]6CCCN6C(=O)[C@@H](NC(=O)N6CC[C@H](O)C6)C(C)C)[nH]5)(CC3)CC4)cc2)[nH]1. The molecule has 64 heavy (non-hydrogen) atoms. The van der Waals surface area contributed by atoms with Crippen LogP contribution >= 0.6 is 0 Å². The molecule has 3 aromatic rings. The summed E-state index contributed by atoms with van der Waals surface area (Å²) in [6.07, 6.45) is 13.8. The van der Waals surface area contributed by atoms with Crippen LogP contribution in [0, 0.1) is 11.8 Å². The molecule has 3 saturated carbocycles. The number of imidazole rings is 2. The van der Waals surface area contributed by atoms with Crippen LogP contribution in [0.25, 0.3) is 11.3 Å². The summed E-state index contributed by atoms with van der Waals surface area (Å²) in [5, 5.41) is 25.8. The quantitative estimate of drug-likeness (QED) is 0.149. The second-order valence-corrected chi connectivity index (χ2v) is 20.5. The number of aliphatic hydroxyl groups is 2. The second-order valence-electron chi connectivity index (χ2n) is 20.5. The van der Waals surface area contributed by atoms with Crippen LogP contribution in [0.4, 0.5) is 9.59 Å². The summed E-state index contributed by atoms with van der Waals surface area (Å²) in [5.41, 5.74) is 4.68. The first-order valence-electron chi connectivity index (χ1n) is 24.0. The van der Waals surface area contributed by atoms with Crippen molar-refractivity contribution in [3.8, 4) is 11.3 Å². The number of carbonyl (C=O) groups is 4. The van der Waals surface area contributed by atoms with Crippen molar-refractivity contribution in [3.05, 3.63) is 59.6 Å². The van der Waals surface area contributed by atoms with Gasteiger partial charge in [0.15, 0.2) is 0 Å². The molecule has 7 fully saturated rings. The number of nitrogens with one attached hydrogen (secondary N) is 4. The Morgan fingerprint density at radius 3 is 1.58 bits per heavy atom. The van der Waals surface area contributed by atoms with E-state index in [2.05, 4.69) is 44.9 Å². The lowest BCUT2D eigenvalue weighted by Gasteiger charge is -2.53. The number of likely N-dealkylation sites (tertiary alicyclic amines) is 4. The Balaban J connectivity index is 0.818. The molecule has 346 valence electrons. The smallest absolute Gasteiger partial charge is 0.318 e. The average molecular weight is 881 g/mol. The number of aromatic amines is 2. The normalized spacial score (nSPS) is 29.0. The number of nitrogens with zero attached hydrogens (tertiary/aromatic N) is 6. The van der Waals surface area contributed by atoms with Crippen LogP contribution in [0.5, 0.6) is 0 Å². The third-order valence-corrected chi connectivity index (χ3v) is 15.8. The highest BCUT2D eigenvalue weighted by molar-refractivity contribution is 5.88. The van der Waals surface area contributed by atoms with Gasteiger partial charge in [0.2, 0.25) is 11.8 Å². The van der Waals surface area contributed by atoms with E-state index >= 15 is 0 Å². The Hall–Kier alpha value is -4.96. The lowest BCUT2D eigenvalue weighted by Crippen LogP contribution is -2.54. The van der Waals surface area contributed by atoms with Gasteiger partial charge in [0.05, 0.1) is 36.2 Å². The summed E-state index contributed by atoms with van der Waals surface area (Å²) >= 11 is 0. The molecular formula is C48H68N10O6. The molecule has 16 heteroatoms. The number of aromatic nitrogens is 4. The zero-order valence-electron chi connectivity index (χ0n) is 38.0. The van der Waals surface area contributed by atoms with E-state index in [0.717, 1.165) is 87.1 Å². The molecule has 2 bridgehead atoms. The largest absolute Gasteiger partial charge is 0.391 e. The zero-order chi connectivity index (χ0) is 44.9. The van der Waals surface area contributed by atoms with Crippen LogP contribution in [0.15, 0.2) is 36.7 Å². The topological polar surface area (TPSA) is 203 Å². The van der Waals surface area contributed by atoms with E-state index in [1.807, 2.05) is 49.9 Å². The highest BCUT2D eigenvalue weighted by atomic mass is 16.3. The maximum Gasteiger partial charge on any atom is 0.318 e. The maximum atomic E-state index is 14.1. The van der Waals surface area contributed by atoms with Crippen LogP contribution < -0.4 is 10.6 Å². The predicted octanol–water partition coefficient (Wildman–Crippen LogP) is 5.27. The van der Waals surface area contributed by atoms with Crippen molar-refractivity contribution in [2.24, 2.45) is 11.8 Å². The summed E-state index contributed by atoms with van der Waals surface area (Å²) in [5.74, 6) is 1.22. The minimum atomic E-state index is -0.669. The van der Waals surface area contributed by atoms with E-state index in [9.17, 15) is 29.4 Å². The number of rotatable bonds is 11. The molecule has 10 rings (SSSR count). The Morgan fingerprint density at radius 1 is 0.641 bits per heavy atom. The summed E-state index contributed by atoms with van der Waals surface area (Å²) in [6.45, 7) is 10.6. The van der Waals surface area contributed by atoms with Crippen LogP contribution in [-0.4, -0.2) is 137 Å². The number of β-amino-alcohol motifs (C(OH)–C–C–N with tert-alkyl or cyclic N) is 2. The van der Waals surface area contributed by atoms with E-state index in [0.29, 0.717) is 45.6 Å². The van der Waals surface area contributed by atoms with Gasteiger partial charge < -0.3 is 50.4 Å². The first-order valence-corrected chi connectivity index (χ1v) is 24.0. The number of amides is 6. The predicted molar refractivity (Wildman–Crippen MR) is 240 cm³/mol. The van der Waals surface area contributed by atoms with E-state index in [1.165, 1.54) is 11.3 Å². The number of fused-ring (bicyclic) bond motifs is 3. The lowest BCUT2D eigenvalue weighted by atomic mass is 9.51. The van der Waals surface area contributed by atoms with Gasteiger partial charge in [-0.1, -0.05) is 52.0 Å². The second kappa shape index (κ2) is 17.8. The molecule has 6 N–H and O–H groups in total. The summed E-state index contributed by atoms with van der Waals surface area (Å²) < 4.78 is 0. The number of H-pyrrole nitrogens is 2. The van der Waals surface area contributed by atoms with Crippen LogP contribution in [-0.2, 0) is 20.4 Å². The first-order chi connectivity index (χ1) is 30.7. The van der Waals surface area contributed by atoms with Crippen molar-refractivity contribution in [1.29, 1.82) is 0 Å². The Bertz CT molecular complexity index is 2160. The van der Waals surface area contributed by atoms with Crippen molar-refractivity contribution in [2.75, 3.05) is 39.3 Å². The molecule has 4 aliphatic heterocycles. The van der Waals surface area contributed by atoms with E-state index < -0.39 is 24.3 Å². The zero-order valence-corrected chi connectivity index (χ0v) is 38.0. The van der Waals surface area contributed by atoms with Crippen LogP contribution in [0.2, 0.25) is 0 Å². The van der Waals surface area contributed by atoms with E-state index in [4.69, 9.17) is 9.97 Å². The van der Waals surface area contributed by atoms with E-state index in [-0.39, 0.29) is 65.2 Å². The molecule has 3 aliphatic carbocycles. The number of benzene rings is 1. The number of carbonyl (C=O) groups excluding carboxylic acids is 4. The minimum absolute atomic E-state index is 0.0369. The number of aliphatic hydroxyl groups excluding tert-OH is 2. The van der Waals surface area contributed by atoms with Gasteiger partial charge in [-0.05, 0) is 105 Å². The van der Waals surface area contributed by atoms with Crippen molar-refractivity contribution >= 4 is 23.9 Å². The Morgan fingerprint density at radius 2 is 1.11 bits per heavy atom. The molecule has 0 radical (unpaired) electrons. The van der Waals surface area contributed by atoms with Crippen molar-refractivity contribution in [2.45, 2.75) is 152 Å². The molecule has 4 saturated heterocycles. The number of hydrogen-bond donors (Lipinski definition) is 6. The summed E-state index contributed by atoms with van der Waals surface area (Å²) in [6, 6.07) is 6.68. The van der Waals surface area contributed by atoms with Gasteiger partial charge in [0, 0.05) is 56.6 Å². The molecule has 7 aliphatic rings. The molecule has 6 heterocycles. The molecule has 16 nitrogen and oxygen atoms in total. The van der Waals surface area contributed by atoms with Gasteiger partial charge in [-0.15, -0.1) is 0 Å². The van der Waals surface area contributed by atoms with E-state index in [1.54, 1.807) is 9.80 Å². The van der Waals surface area contributed by atoms with Gasteiger partial charge >= 0.3 is 12.1 Å². The molecule has 6 amide bonds. The fraction of sp³-hybridized carbons (Fsp3) is 0.667. The van der Waals surface area contributed by atoms with Gasteiger partial charge in [-0.25, -0.2) is 19.6 Å². The highest BCUT2D eigenvalue weighted by Gasteiger charge is 2.51. The minimum Gasteiger partial charge on any atom is -0.391 e. The average Bonchev–Trinajstić information content (AvgIpc) is 4.16. The van der Waals surface area contributed by atoms with Crippen LogP contribution in [0.3, 0.4) is 0 Å². The first kappa shape index (κ1) is 44.3. The fourth-order valence-corrected chi connectivity index (χ4v) is 11.8. The molecule has 1 aromatic carbocycles. The van der Waals surface area contributed by atoms with Gasteiger partial charge in [0.25, 0.3) is 0 Å². The van der Waals surface area contributed by atoms with Crippen molar-refractivity contribution in [1.82, 2.24) is 50.2 Å². The third-order valence-electron chi connectivity index (χ3n) is 15.8. The fourth-order valence-electron chi connectivity index (χ4n) is 11.8. The molecule has 6 atom stereocenters. The monoisotopic (exact) mass is 881 g/mol. The third kappa shape index (κ3) is 8.40. The van der Waals surface area contributed by atoms with Crippen molar-refractivity contribution in [3.63, 3.8) is 0 Å². The summed E-state index contributed by atoms with van der Waals surface area (Å²) in [7, 11) is 0. The van der Waals surface area contributed by atoms with Gasteiger partial charge in [-0.2, -0.15) is 0 Å². The Kier molecular flexibility index (Phi) is 12.3. The van der Waals surface area contributed by atoms with Crippen LogP contribution in [0.1, 0.15) is 140 Å².